The minimum absolute atomic E-state index is 0.100. The normalized spacial score (nSPS) is 19.6. The summed E-state index contributed by atoms with van der Waals surface area (Å²) >= 11 is 7.88. The van der Waals surface area contributed by atoms with Crippen molar-refractivity contribution < 1.29 is 19.4 Å². The lowest BCUT2D eigenvalue weighted by atomic mass is 10.1. The van der Waals surface area contributed by atoms with Gasteiger partial charge in [-0.05, 0) is 73.4 Å². The Morgan fingerprint density at radius 2 is 2.03 bits per heavy atom. The van der Waals surface area contributed by atoms with Gasteiger partial charge in [-0.3, -0.25) is 14.7 Å². The highest BCUT2D eigenvalue weighted by atomic mass is 35.5. The summed E-state index contributed by atoms with van der Waals surface area (Å²) in [7, 11) is 0. The number of aryl methyl sites for hydroxylation is 1. The van der Waals surface area contributed by atoms with E-state index in [1.54, 1.807) is 17.0 Å². The van der Waals surface area contributed by atoms with Gasteiger partial charge < -0.3 is 14.6 Å². The molecule has 1 saturated heterocycles. The zero-order valence-corrected chi connectivity index (χ0v) is 22.4. The molecule has 4 rings (SSSR count). The lowest BCUT2D eigenvalue weighted by Crippen LogP contribution is -2.29. The number of aliphatic hydroxyl groups is 1. The predicted octanol–water partition coefficient (Wildman–Crippen LogP) is 6.23. The molecule has 2 aromatic rings. The third-order valence-electron chi connectivity index (χ3n) is 6.20. The van der Waals surface area contributed by atoms with Gasteiger partial charge in [0.1, 0.15) is 18.5 Å². The summed E-state index contributed by atoms with van der Waals surface area (Å²) in [5.41, 5.74) is 2.65. The van der Waals surface area contributed by atoms with Gasteiger partial charge in [0.2, 0.25) is 0 Å². The van der Waals surface area contributed by atoms with Crippen molar-refractivity contribution >= 4 is 46.2 Å². The fourth-order valence-corrected chi connectivity index (χ4v) is 5.54. The molecule has 1 heterocycles. The number of hydrogen-bond acceptors (Lipinski definition) is 6. The van der Waals surface area contributed by atoms with E-state index in [4.69, 9.17) is 21.1 Å². The molecule has 1 aliphatic heterocycles. The SMILES string of the molecule is CCCN=C1S/C(=C\c2ccc(OC[C@@H](CO)OC3CCCC3)c(Cl)c2)C(=O)N1c1ccccc1C. The first kappa shape index (κ1) is 26.7. The van der Waals surface area contributed by atoms with Crippen molar-refractivity contribution in [3.63, 3.8) is 0 Å². The van der Waals surface area contributed by atoms with E-state index in [1.165, 1.54) is 24.6 Å². The first-order chi connectivity index (χ1) is 17.5. The van der Waals surface area contributed by atoms with Crippen LogP contribution in [-0.4, -0.2) is 48.1 Å². The summed E-state index contributed by atoms with van der Waals surface area (Å²) < 4.78 is 11.8. The molecule has 0 radical (unpaired) electrons. The fourth-order valence-electron chi connectivity index (χ4n) is 4.30. The van der Waals surface area contributed by atoms with Gasteiger partial charge in [-0.1, -0.05) is 55.6 Å². The molecule has 1 amide bonds. The van der Waals surface area contributed by atoms with E-state index in [0.717, 1.165) is 36.1 Å². The number of benzene rings is 2. The minimum atomic E-state index is -0.383. The summed E-state index contributed by atoms with van der Waals surface area (Å²) in [5, 5.41) is 10.8. The smallest absolute Gasteiger partial charge is 0.271 e. The Hall–Kier alpha value is -2.32. The van der Waals surface area contributed by atoms with E-state index in [9.17, 15) is 9.90 Å². The standard InChI is InChI=1S/C28H33ClN2O4S/c1-3-14-30-28-31(24-11-7-4-8-19(24)2)27(33)26(36-28)16-20-12-13-25(23(29)15-20)34-18-22(17-32)35-21-9-5-6-10-21/h4,7-8,11-13,15-16,21-22,32H,3,5-6,9-10,14,17-18H2,1-2H3/b26-16-,30-28?/t22-/m1/s1. The fraction of sp³-hybridized carbons (Fsp3) is 0.429. The summed E-state index contributed by atoms with van der Waals surface area (Å²) in [6.07, 6.45) is 6.95. The molecule has 1 aliphatic carbocycles. The number of amides is 1. The molecule has 1 N–H and O–H groups in total. The number of rotatable bonds is 10. The number of halogens is 1. The van der Waals surface area contributed by atoms with Crippen LogP contribution < -0.4 is 9.64 Å². The molecular weight excluding hydrogens is 496 g/mol. The first-order valence-corrected chi connectivity index (χ1v) is 13.7. The number of ether oxygens (including phenoxy) is 2. The second-order valence-corrected chi connectivity index (χ2v) is 10.5. The van der Waals surface area contributed by atoms with Crippen molar-refractivity contribution in [2.24, 2.45) is 4.99 Å². The van der Waals surface area contributed by atoms with Crippen LogP contribution in [0.3, 0.4) is 0 Å². The number of carbonyl (C=O) groups is 1. The number of aliphatic imine (C=N–C) groups is 1. The summed E-state index contributed by atoms with van der Waals surface area (Å²) in [6.45, 7) is 4.84. The van der Waals surface area contributed by atoms with Crippen LogP contribution in [-0.2, 0) is 9.53 Å². The van der Waals surface area contributed by atoms with E-state index in [-0.39, 0.29) is 31.3 Å². The van der Waals surface area contributed by atoms with Crippen molar-refractivity contribution in [1.82, 2.24) is 0 Å². The Morgan fingerprint density at radius 3 is 2.72 bits per heavy atom. The second-order valence-electron chi connectivity index (χ2n) is 9.05. The van der Waals surface area contributed by atoms with E-state index in [1.807, 2.05) is 43.3 Å². The maximum atomic E-state index is 13.4. The van der Waals surface area contributed by atoms with Crippen LogP contribution in [0.15, 0.2) is 52.4 Å². The number of para-hydroxylation sites is 1. The quantitative estimate of drug-likeness (QED) is 0.370. The number of nitrogens with zero attached hydrogens (tertiary/aromatic N) is 2. The molecule has 0 aromatic heterocycles. The minimum Gasteiger partial charge on any atom is -0.489 e. The molecule has 36 heavy (non-hydrogen) atoms. The van der Waals surface area contributed by atoms with E-state index >= 15 is 0 Å². The molecular formula is C28H33ClN2O4S. The molecule has 1 saturated carbocycles. The zero-order valence-electron chi connectivity index (χ0n) is 20.8. The predicted molar refractivity (Wildman–Crippen MR) is 148 cm³/mol. The molecule has 2 aliphatic rings. The molecule has 0 spiro atoms. The Bertz CT molecular complexity index is 1130. The van der Waals surface area contributed by atoms with Crippen LogP contribution in [0.4, 0.5) is 5.69 Å². The van der Waals surface area contributed by atoms with Crippen LogP contribution in [0.1, 0.15) is 50.2 Å². The van der Waals surface area contributed by atoms with Crippen LogP contribution in [0.25, 0.3) is 6.08 Å². The van der Waals surface area contributed by atoms with Crippen LogP contribution >= 0.6 is 23.4 Å². The van der Waals surface area contributed by atoms with Gasteiger partial charge in [-0.15, -0.1) is 0 Å². The first-order valence-electron chi connectivity index (χ1n) is 12.5. The van der Waals surface area contributed by atoms with E-state index < -0.39 is 0 Å². The number of thioether (sulfide) groups is 1. The summed E-state index contributed by atoms with van der Waals surface area (Å²) in [6, 6.07) is 13.3. The van der Waals surface area contributed by atoms with Crippen LogP contribution in [0, 0.1) is 6.92 Å². The monoisotopic (exact) mass is 528 g/mol. The number of anilines is 1. The van der Waals surface area contributed by atoms with Gasteiger partial charge in [-0.25, -0.2) is 0 Å². The average molecular weight is 529 g/mol. The molecule has 2 fully saturated rings. The maximum absolute atomic E-state index is 13.4. The van der Waals surface area contributed by atoms with Gasteiger partial charge in [0.15, 0.2) is 5.17 Å². The average Bonchev–Trinajstić information content (AvgIpc) is 3.49. The van der Waals surface area contributed by atoms with E-state index in [2.05, 4.69) is 11.9 Å². The third kappa shape index (κ3) is 6.51. The van der Waals surface area contributed by atoms with Crippen molar-refractivity contribution in [3.05, 3.63) is 63.5 Å². The Balaban J connectivity index is 1.48. The number of amidine groups is 1. The molecule has 6 nitrogen and oxygen atoms in total. The molecule has 1 atom stereocenters. The highest BCUT2D eigenvalue weighted by Gasteiger charge is 2.35. The summed E-state index contributed by atoms with van der Waals surface area (Å²) in [5.74, 6) is 0.417. The number of aliphatic hydroxyl groups excluding tert-OH is 1. The maximum Gasteiger partial charge on any atom is 0.271 e. The van der Waals surface area contributed by atoms with Crippen LogP contribution in [0.2, 0.25) is 5.02 Å². The molecule has 0 bridgehead atoms. The highest BCUT2D eigenvalue weighted by Crippen LogP contribution is 2.38. The van der Waals surface area contributed by atoms with E-state index in [0.29, 0.717) is 27.4 Å². The highest BCUT2D eigenvalue weighted by molar-refractivity contribution is 8.19. The van der Waals surface area contributed by atoms with Crippen molar-refractivity contribution in [2.45, 2.75) is 58.2 Å². The molecule has 8 heteroatoms. The van der Waals surface area contributed by atoms with Gasteiger partial charge in [0.05, 0.1) is 28.3 Å². The molecule has 2 aromatic carbocycles. The van der Waals surface area contributed by atoms with Gasteiger partial charge in [0, 0.05) is 6.54 Å². The van der Waals surface area contributed by atoms with Crippen molar-refractivity contribution in [3.8, 4) is 5.75 Å². The Labute approximate surface area is 222 Å². The third-order valence-corrected chi connectivity index (χ3v) is 7.50. The van der Waals surface area contributed by atoms with Crippen LogP contribution in [0.5, 0.6) is 5.75 Å². The topological polar surface area (TPSA) is 71.4 Å². The zero-order chi connectivity index (χ0) is 25.5. The largest absolute Gasteiger partial charge is 0.489 e. The lowest BCUT2D eigenvalue weighted by molar-refractivity contribution is -0.113. The Morgan fingerprint density at radius 1 is 1.25 bits per heavy atom. The van der Waals surface area contributed by atoms with Gasteiger partial charge >= 0.3 is 0 Å². The summed E-state index contributed by atoms with van der Waals surface area (Å²) in [4.78, 5) is 20.3. The number of hydrogen-bond donors (Lipinski definition) is 1. The Kier molecular flexibility index (Phi) is 9.48. The number of carbonyl (C=O) groups excluding carboxylic acids is 1. The molecule has 192 valence electrons. The second kappa shape index (κ2) is 12.8. The lowest BCUT2D eigenvalue weighted by Gasteiger charge is -2.21. The van der Waals surface area contributed by atoms with Crippen molar-refractivity contribution in [1.29, 1.82) is 0 Å². The molecule has 0 unspecified atom stereocenters. The van der Waals surface area contributed by atoms with Gasteiger partial charge in [-0.2, -0.15) is 0 Å². The van der Waals surface area contributed by atoms with Crippen molar-refractivity contribution in [2.75, 3.05) is 24.7 Å². The van der Waals surface area contributed by atoms with Gasteiger partial charge in [0.25, 0.3) is 5.91 Å².